The lowest BCUT2D eigenvalue weighted by Crippen LogP contribution is -2.58. The van der Waals surface area contributed by atoms with Gasteiger partial charge in [0.2, 0.25) is 0 Å². The Morgan fingerprint density at radius 2 is 1.93 bits per heavy atom. The number of carbonyl (C=O) groups is 1. The van der Waals surface area contributed by atoms with E-state index in [0.29, 0.717) is 42.2 Å². The van der Waals surface area contributed by atoms with E-state index in [9.17, 15) is 15.0 Å². The minimum absolute atomic E-state index is 0.0195. The topological polar surface area (TPSA) is 94.5 Å². The molecule has 4 heterocycles. The predicted molar refractivity (Wildman–Crippen MR) is 162 cm³/mol. The highest BCUT2D eigenvalue weighted by Crippen LogP contribution is 2.48. The van der Waals surface area contributed by atoms with Gasteiger partial charge in [-0.3, -0.25) is 4.79 Å². The summed E-state index contributed by atoms with van der Waals surface area (Å²) in [6, 6.07) is 0. The third-order valence-corrected chi connectivity index (χ3v) is 11.2. The van der Waals surface area contributed by atoms with Crippen LogP contribution in [0.15, 0.2) is 47.1 Å². The van der Waals surface area contributed by atoms with E-state index in [0.717, 1.165) is 24.8 Å². The Bertz CT molecular complexity index is 1140. The van der Waals surface area contributed by atoms with Crippen molar-refractivity contribution in [1.82, 2.24) is 0 Å². The molecule has 1 spiro atoms. The zero-order valence-electron chi connectivity index (χ0n) is 25.9. The minimum atomic E-state index is -1.72. The fourth-order valence-corrected chi connectivity index (χ4v) is 7.71. The first kappa shape index (κ1) is 31.9. The average Bonchev–Trinajstić information content (AvgIpc) is 3.30. The molecule has 12 atom stereocenters. The molecule has 3 saturated heterocycles. The minimum Gasteiger partial charge on any atom is -0.462 e. The molecule has 0 aromatic carbocycles. The standard InChI is InChI=1S/C34H49ClO7/c1-7-19(2)30-22(5)13-14-33(42-30)17-26-16-25(41-33)12-11-21(4)28(35)20(3)9-8-10-24-18-39-31-29(36)23(6)15-27(32(37)40-26)34(24,31)38/h8-11,15,19-20,22,25-31,36,38H,7,12-14,16-18H2,1-6H3/b9-8+,21-11+,24-10+/t19-,20-,22-,25+,26-,27-,28-,29+,30+,31+,33+,34+/m0/s1. The van der Waals surface area contributed by atoms with E-state index in [-0.39, 0.29) is 30.1 Å². The van der Waals surface area contributed by atoms with Crippen molar-refractivity contribution in [1.29, 1.82) is 0 Å². The molecule has 0 aromatic rings. The van der Waals surface area contributed by atoms with Gasteiger partial charge in [-0.15, -0.1) is 11.6 Å². The molecule has 0 amide bonds. The first-order valence-electron chi connectivity index (χ1n) is 15.8. The van der Waals surface area contributed by atoms with Crippen LogP contribution in [0.5, 0.6) is 0 Å². The molecule has 0 aromatic heterocycles. The van der Waals surface area contributed by atoms with Crippen LogP contribution in [0.1, 0.15) is 80.1 Å². The summed E-state index contributed by atoms with van der Waals surface area (Å²) in [6.07, 6.45) is 11.1. The van der Waals surface area contributed by atoms with Crippen LogP contribution >= 0.6 is 11.6 Å². The molecule has 2 N–H and O–H groups in total. The summed E-state index contributed by atoms with van der Waals surface area (Å²) in [4.78, 5) is 14.0. The monoisotopic (exact) mass is 604 g/mol. The fourth-order valence-electron chi connectivity index (χ4n) is 7.54. The van der Waals surface area contributed by atoms with Gasteiger partial charge in [-0.25, -0.2) is 0 Å². The third kappa shape index (κ3) is 5.94. The molecule has 7 nitrogen and oxygen atoms in total. The first-order valence-corrected chi connectivity index (χ1v) is 16.3. The number of hydrogen-bond donors (Lipinski definition) is 2. The SMILES string of the molecule is CC[C@H](C)[C@H]1O[C@]2(CC[C@@H]1C)C[C@@H]1C[C@@H](C/C=C(\C)[C@@H](Cl)[C@@H](C)/C=C/C=C3\CO[C@@H]4[C@H](O)C(C)=C[C@@H](C(=O)O1)[C@]34O)O2. The van der Waals surface area contributed by atoms with Gasteiger partial charge < -0.3 is 29.2 Å². The molecule has 8 heteroatoms. The number of aliphatic hydroxyl groups is 2. The summed E-state index contributed by atoms with van der Waals surface area (Å²) >= 11 is 6.89. The van der Waals surface area contributed by atoms with Crippen LogP contribution in [0.25, 0.3) is 0 Å². The van der Waals surface area contributed by atoms with Gasteiger partial charge in [0, 0.05) is 19.3 Å². The molecular weight excluding hydrogens is 556 g/mol. The third-order valence-electron chi connectivity index (χ3n) is 10.4. The van der Waals surface area contributed by atoms with Crippen LogP contribution in [-0.4, -0.2) is 70.1 Å². The fraction of sp³-hybridized carbons (Fsp3) is 0.735. The van der Waals surface area contributed by atoms with E-state index in [1.807, 2.05) is 19.1 Å². The van der Waals surface area contributed by atoms with Gasteiger partial charge in [-0.2, -0.15) is 0 Å². The molecular formula is C34H49ClO7. The molecule has 3 fully saturated rings. The van der Waals surface area contributed by atoms with Gasteiger partial charge in [-0.05, 0) is 55.6 Å². The van der Waals surface area contributed by atoms with E-state index in [1.165, 1.54) is 0 Å². The second-order valence-corrected chi connectivity index (χ2v) is 14.0. The highest BCUT2D eigenvalue weighted by Gasteiger charge is 2.60. The van der Waals surface area contributed by atoms with Crippen LogP contribution in [0.3, 0.4) is 0 Å². The van der Waals surface area contributed by atoms with Crippen molar-refractivity contribution in [2.24, 2.45) is 23.7 Å². The molecule has 2 bridgehead atoms. The summed E-state index contributed by atoms with van der Waals surface area (Å²) in [5.74, 6) is -1.57. The number of carbonyl (C=O) groups excluding carboxylic acids is 1. The van der Waals surface area contributed by atoms with Crippen LogP contribution in [0.4, 0.5) is 0 Å². The van der Waals surface area contributed by atoms with Crippen LogP contribution < -0.4 is 0 Å². The Morgan fingerprint density at radius 3 is 2.67 bits per heavy atom. The van der Waals surface area contributed by atoms with E-state index in [1.54, 1.807) is 19.1 Å². The van der Waals surface area contributed by atoms with Crippen LogP contribution in [0.2, 0.25) is 0 Å². The molecule has 1 aliphatic carbocycles. The summed E-state index contributed by atoms with van der Waals surface area (Å²) in [7, 11) is 0. The molecule has 0 radical (unpaired) electrons. The van der Waals surface area contributed by atoms with Crippen molar-refractivity contribution in [3.8, 4) is 0 Å². The van der Waals surface area contributed by atoms with Crippen LogP contribution in [0, 0.1) is 23.7 Å². The van der Waals surface area contributed by atoms with E-state index in [2.05, 4.69) is 33.8 Å². The van der Waals surface area contributed by atoms with E-state index in [4.69, 9.17) is 30.5 Å². The maximum Gasteiger partial charge on any atom is 0.316 e. The van der Waals surface area contributed by atoms with Crippen molar-refractivity contribution < 1.29 is 34.0 Å². The maximum absolute atomic E-state index is 14.0. The second-order valence-electron chi connectivity index (χ2n) is 13.5. The molecule has 5 aliphatic rings. The Morgan fingerprint density at radius 1 is 1.17 bits per heavy atom. The number of allylic oxidation sites excluding steroid dienone is 4. The first-order chi connectivity index (χ1) is 19.9. The smallest absolute Gasteiger partial charge is 0.316 e. The highest BCUT2D eigenvalue weighted by molar-refractivity contribution is 6.22. The number of alkyl halides is 1. The van der Waals surface area contributed by atoms with Gasteiger partial charge in [0.25, 0.3) is 0 Å². The van der Waals surface area contributed by atoms with E-state index < -0.39 is 41.6 Å². The van der Waals surface area contributed by atoms with Crippen molar-refractivity contribution >= 4 is 17.6 Å². The summed E-state index contributed by atoms with van der Waals surface area (Å²) in [6.45, 7) is 12.6. The summed E-state index contributed by atoms with van der Waals surface area (Å²) in [5, 5.41) is 22.8. The number of fused-ring (bicyclic) bond motifs is 2. The molecule has 234 valence electrons. The number of halogens is 1. The van der Waals surface area contributed by atoms with Crippen molar-refractivity contribution in [2.75, 3.05) is 6.61 Å². The second kappa shape index (κ2) is 12.5. The van der Waals surface area contributed by atoms with Crippen molar-refractivity contribution in [2.45, 2.75) is 127 Å². The lowest BCUT2D eigenvalue weighted by atomic mass is 9.71. The van der Waals surface area contributed by atoms with Gasteiger partial charge in [0.15, 0.2) is 5.79 Å². The zero-order valence-corrected chi connectivity index (χ0v) is 26.7. The Kier molecular flexibility index (Phi) is 9.50. The summed E-state index contributed by atoms with van der Waals surface area (Å²) in [5.41, 5.74) is 0.449. The molecule has 0 saturated carbocycles. The van der Waals surface area contributed by atoms with Crippen LogP contribution in [-0.2, 0) is 23.7 Å². The maximum atomic E-state index is 14.0. The lowest BCUT2D eigenvalue weighted by molar-refractivity contribution is -0.340. The average molecular weight is 605 g/mol. The molecule has 0 unspecified atom stereocenters. The normalized spacial score (nSPS) is 48.6. The molecule has 42 heavy (non-hydrogen) atoms. The summed E-state index contributed by atoms with van der Waals surface area (Å²) < 4.78 is 25.8. The van der Waals surface area contributed by atoms with Crippen molar-refractivity contribution in [3.05, 3.63) is 47.1 Å². The van der Waals surface area contributed by atoms with Gasteiger partial charge in [0.1, 0.15) is 29.8 Å². The van der Waals surface area contributed by atoms with Crippen molar-refractivity contribution in [3.63, 3.8) is 0 Å². The van der Waals surface area contributed by atoms with Gasteiger partial charge in [0.05, 0.1) is 24.2 Å². The Labute approximate surface area is 256 Å². The molecule has 5 rings (SSSR count). The molecule has 4 aliphatic heterocycles. The number of aliphatic hydroxyl groups excluding tert-OH is 1. The van der Waals surface area contributed by atoms with E-state index >= 15 is 0 Å². The number of esters is 1. The largest absolute Gasteiger partial charge is 0.462 e. The quantitative estimate of drug-likeness (QED) is 0.234. The number of hydrogen-bond acceptors (Lipinski definition) is 7. The predicted octanol–water partition coefficient (Wildman–Crippen LogP) is 5.78. The highest BCUT2D eigenvalue weighted by atomic mass is 35.5. The lowest BCUT2D eigenvalue weighted by Gasteiger charge is -2.51. The van der Waals surface area contributed by atoms with Gasteiger partial charge in [-0.1, -0.05) is 70.1 Å². The Hall–Kier alpha value is -1.48. The van der Waals surface area contributed by atoms with Gasteiger partial charge >= 0.3 is 5.97 Å². The number of rotatable bonds is 2. The zero-order chi connectivity index (χ0) is 30.4. The number of ether oxygens (including phenoxy) is 4. The Balaban J connectivity index is 1.53.